The Morgan fingerprint density at radius 3 is 2.37 bits per heavy atom. The largest absolute Gasteiger partial charge is 0.469 e. The van der Waals surface area contributed by atoms with Gasteiger partial charge in [0.25, 0.3) is 5.91 Å². The van der Waals surface area contributed by atoms with E-state index in [1.807, 2.05) is 0 Å². The predicted molar refractivity (Wildman–Crippen MR) is 111 cm³/mol. The van der Waals surface area contributed by atoms with E-state index in [0.717, 1.165) is 6.42 Å². The lowest BCUT2D eigenvalue weighted by molar-refractivity contribution is -0.140. The van der Waals surface area contributed by atoms with Crippen LogP contribution in [-0.2, 0) is 26.0 Å². The molecule has 2 heterocycles. The van der Waals surface area contributed by atoms with Crippen molar-refractivity contribution >= 4 is 27.6 Å². The van der Waals surface area contributed by atoms with E-state index in [-0.39, 0.29) is 22.6 Å². The molecule has 1 aliphatic heterocycles. The van der Waals surface area contributed by atoms with Crippen molar-refractivity contribution in [2.75, 3.05) is 25.5 Å². The molecule has 1 aliphatic rings. The fourth-order valence-electron chi connectivity index (χ4n) is 3.74. The summed E-state index contributed by atoms with van der Waals surface area (Å²) in [7, 11) is -2.33. The van der Waals surface area contributed by atoms with Gasteiger partial charge in [0.05, 0.1) is 23.8 Å². The summed E-state index contributed by atoms with van der Waals surface area (Å²) in [5, 5.41) is 2.69. The molecule has 1 saturated heterocycles. The number of nitrogens with zero attached hydrogens (tertiary/aromatic N) is 1. The van der Waals surface area contributed by atoms with Gasteiger partial charge in [0.1, 0.15) is 12.2 Å². The maximum absolute atomic E-state index is 13.0. The quantitative estimate of drug-likeness (QED) is 0.701. The Morgan fingerprint density at radius 1 is 1.13 bits per heavy atom. The van der Waals surface area contributed by atoms with Crippen LogP contribution in [0.4, 0.5) is 5.69 Å². The van der Waals surface area contributed by atoms with Crippen molar-refractivity contribution in [1.82, 2.24) is 4.31 Å². The maximum Gasteiger partial charge on any atom is 0.313 e. The molecule has 1 amide bonds. The van der Waals surface area contributed by atoms with Crippen LogP contribution in [0.3, 0.4) is 0 Å². The molecule has 3 rings (SSSR count). The molecule has 0 radical (unpaired) electrons. The number of anilines is 1. The Kier molecular flexibility index (Phi) is 6.62. The van der Waals surface area contributed by atoms with Gasteiger partial charge < -0.3 is 14.5 Å². The van der Waals surface area contributed by atoms with Crippen LogP contribution in [0.1, 0.15) is 36.4 Å². The molecule has 2 aromatic rings. The number of hydrogen-bond donors (Lipinski definition) is 1. The third-order valence-corrected chi connectivity index (χ3v) is 6.95. The number of piperidine rings is 1. The second kappa shape index (κ2) is 9.01. The zero-order valence-corrected chi connectivity index (χ0v) is 18.1. The minimum atomic E-state index is -3.59. The van der Waals surface area contributed by atoms with Gasteiger partial charge in [-0.1, -0.05) is 13.8 Å². The van der Waals surface area contributed by atoms with Gasteiger partial charge in [0.2, 0.25) is 10.0 Å². The molecule has 0 aliphatic carbocycles. The zero-order valence-electron chi connectivity index (χ0n) is 17.3. The number of ether oxygens (including phenoxy) is 1. The monoisotopic (exact) mass is 434 g/mol. The number of carbonyl (C=O) groups is 2. The van der Waals surface area contributed by atoms with E-state index < -0.39 is 21.9 Å². The normalized spacial score (nSPS) is 20.0. The van der Waals surface area contributed by atoms with Gasteiger partial charge in [0, 0.05) is 18.8 Å². The van der Waals surface area contributed by atoms with Crippen molar-refractivity contribution in [2.24, 2.45) is 11.8 Å². The lowest BCUT2D eigenvalue weighted by Gasteiger charge is -2.34. The molecule has 1 fully saturated rings. The molecule has 0 unspecified atom stereocenters. The van der Waals surface area contributed by atoms with E-state index in [1.165, 1.54) is 35.9 Å². The molecule has 9 heteroatoms. The van der Waals surface area contributed by atoms with Crippen molar-refractivity contribution in [3.8, 4) is 0 Å². The van der Waals surface area contributed by atoms with Crippen molar-refractivity contribution in [3.63, 3.8) is 0 Å². The van der Waals surface area contributed by atoms with E-state index >= 15 is 0 Å². The minimum Gasteiger partial charge on any atom is -0.469 e. The average molecular weight is 435 g/mol. The number of hydrogen-bond acceptors (Lipinski definition) is 6. The van der Waals surface area contributed by atoms with Gasteiger partial charge in [-0.3, -0.25) is 9.59 Å². The van der Waals surface area contributed by atoms with E-state index in [0.29, 0.717) is 30.6 Å². The van der Waals surface area contributed by atoms with Gasteiger partial charge in [0.15, 0.2) is 0 Å². The zero-order chi connectivity index (χ0) is 21.9. The summed E-state index contributed by atoms with van der Waals surface area (Å²) in [5.41, 5.74) is 0.651. The van der Waals surface area contributed by atoms with Gasteiger partial charge in [-0.25, -0.2) is 8.42 Å². The Hall–Kier alpha value is -2.65. The number of esters is 1. The highest BCUT2D eigenvalue weighted by atomic mass is 32.2. The molecule has 30 heavy (non-hydrogen) atoms. The molecule has 0 saturated carbocycles. The molecular formula is C21H26N2O6S. The maximum atomic E-state index is 13.0. The predicted octanol–water partition coefficient (Wildman–Crippen LogP) is 2.91. The molecule has 1 N–H and O–H groups in total. The van der Waals surface area contributed by atoms with Crippen LogP contribution in [-0.4, -0.2) is 44.8 Å². The van der Waals surface area contributed by atoms with E-state index in [2.05, 4.69) is 23.9 Å². The number of benzene rings is 1. The van der Waals surface area contributed by atoms with E-state index in [1.54, 1.807) is 12.1 Å². The van der Waals surface area contributed by atoms with Gasteiger partial charge in [-0.2, -0.15) is 4.31 Å². The smallest absolute Gasteiger partial charge is 0.313 e. The van der Waals surface area contributed by atoms with Crippen molar-refractivity contribution < 1.29 is 27.2 Å². The number of methoxy groups -OCH3 is 1. The summed E-state index contributed by atoms with van der Waals surface area (Å²) in [6.45, 7) is 5.13. The molecule has 8 nitrogen and oxygen atoms in total. The highest BCUT2D eigenvalue weighted by Crippen LogP contribution is 2.27. The van der Waals surface area contributed by atoms with Crippen LogP contribution < -0.4 is 5.32 Å². The van der Waals surface area contributed by atoms with Crippen LogP contribution >= 0.6 is 0 Å². The fraction of sp³-hybridized carbons (Fsp3) is 0.429. The number of rotatable bonds is 6. The van der Waals surface area contributed by atoms with Gasteiger partial charge >= 0.3 is 5.97 Å². The summed E-state index contributed by atoms with van der Waals surface area (Å²) >= 11 is 0. The standard InChI is InChI=1S/C21H26N2O6S/c1-14-10-15(2)13-23(12-14)30(26,27)17-6-4-16(5-7-17)22-21(25)18-8-9-29-19(18)11-20(24)28-3/h4-9,14-15H,10-13H2,1-3H3,(H,22,25)/t14-,15-/m1/s1. The molecule has 0 bridgehead atoms. The minimum absolute atomic E-state index is 0.157. The van der Waals surface area contributed by atoms with Crippen LogP contribution in [0.15, 0.2) is 45.9 Å². The van der Waals surface area contributed by atoms with Crippen molar-refractivity contribution in [3.05, 3.63) is 47.9 Å². The van der Waals surface area contributed by atoms with Crippen LogP contribution in [0, 0.1) is 11.8 Å². The van der Waals surface area contributed by atoms with E-state index in [9.17, 15) is 18.0 Å². The number of furan rings is 1. The molecule has 0 spiro atoms. The van der Waals surface area contributed by atoms with E-state index in [4.69, 9.17) is 4.42 Å². The Labute approximate surface area is 176 Å². The molecule has 2 atom stereocenters. The summed E-state index contributed by atoms with van der Waals surface area (Å²) in [4.78, 5) is 24.1. The third kappa shape index (κ3) is 4.91. The molecule has 162 valence electrons. The first-order valence-electron chi connectivity index (χ1n) is 9.75. The summed E-state index contributed by atoms with van der Waals surface area (Å²) in [6.07, 6.45) is 2.18. The second-order valence-electron chi connectivity index (χ2n) is 7.76. The first-order valence-corrected chi connectivity index (χ1v) is 11.2. The van der Waals surface area contributed by atoms with Crippen LogP contribution in [0.5, 0.6) is 0 Å². The topological polar surface area (TPSA) is 106 Å². The second-order valence-corrected chi connectivity index (χ2v) is 9.69. The summed E-state index contributed by atoms with van der Waals surface area (Å²) in [6, 6.07) is 7.52. The Morgan fingerprint density at radius 2 is 1.77 bits per heavy atom. The SMILES string of the molecule is COC(=O)Cc1occc1C(=O)Nc1ccc(S(=O)(=O)N2C[C@H](C)C[C@@H](C)C2)cc1. The first kappa shape index (κ1) is 22.0. The van der Waals surface area contributed by atoms with Gasteiger partial charge in [-0.05, 0) is 48.6 Å². The first-order chi connectivity index (χ1) is 14.2. The highest BCUT2D eigenvalue weighted by Gasteiger charge is 2.31. The molecule has 1 aromatic heterocycles. The lowest BCUT2D eigenvalue weighted by atomic mass is 9.94. The number of nitrogens with one attached hydrogen (secondary N) is 1. The van der Waals surface area contributed by atoms with Crippen LogP contribution in [0.2, 0.25) is 0 Å². The van der Waals surface area contributed by atoms with Gasteiger partial charge in [-0.15, -0.1) is 0 Å². The Balaban J connectivity index is 1.71. The van der Waals surface area contributed by atoms with Crippen molar-refractivity contribution in [2.45, 2.75) is 31.6 Å². The lowest BCUT2D eigenvalue weighted by Crippen LogP contribution is -2.42. The number of amides is 1. The number of sulfonamides is 1. The molecule has 1 aromatic carbocycles. The van der Waals surface area contributed by atoms with Crippen molar-refractivity contribution in [1.29, 1.82) is 0 Å². The fourth-order valence-corrected chi connectivity index (χ4v) is 5.42. The van der Waals surface area contributed by atoms with Crippen LogP contribution in [0.25, 0.3) is 0 Å². The average Bonchev–Trinajstić information content (AvgIpc) is 3.15. The Bertz CT molecular complexity index is 1000. The molecular weight excluding hydrogens is 408 g/mol. The summed E-state index contributed by atoms with van der Waals surface area (Å²) in [5.74, 6) is -0.147. The highest BCUT2D eigenvalue weighted by molar-refractivity contribution is 7.89. The third-order valence-electron chi connectivity index (χ3n) is 5.11. The summed E-state index contributed by atoms with van der Waals surface area (Å²) < 4.78 is 37.2. The number of carbonyl (C=O) groups excluding carboxylic acids is 2.